The Labute approximate surface area is 98.6 Å². The standard InChI is InChI=1S/C11H14N2O4/c1-2-12-11(16)13-8-3-5-9(6-4-8)17-7-10(14)15/h3-6H,2,7H2,1H3,(H,14,15)(H2,12,13,16). The van der Waals surface area contributed by atoms with Crippen molar-refractivity contribution in [3.05, 3.63) is 24.3 Å². The largest absolute Gasteiger partial charge is 0.482 e. The van der Waals surface area contributed by atoms with Crippen LogP contribution in [0.15, 0.2) is 24.3 Å². The molecule has 3 N–H and O–H groups in total. The molecule has 92 valence electrons. The van der Waals surface area contributed by atoms with Crippen LogP contribution < -0.4 is 15.4 Å². The predicted octanol–water partition coefficient (Wildman–Crippen LogP) is 1.29. The van der Waals surface area contributed by atoms with Gasteiger partial charge in [0.1, 0.15) is 5.75 Å². The zero-order valence-corrected chi connectivity index (χ0v) is 9.40. The number of rotatable bonds is 5. The van der Waals surface area contributed by atoms with E-state index in [4.69, 9.17) is 9.84 Å². The van der Waals surface area contributed by atoms with Gasteiger partial charge in [-0.2, -0.15) is 0 Å². The van der Waals surface area contributed by atoms with Crippen molar-refractivity contribution >= 4 is 17.7 Å². The van der Waals surface area contributed by atoms with Crippen LogP contribution >= 0.6 is 0 Å². The molecule has 0 aliphatic rings. The van der Waals surface area contributed by atoms with E-state index in [9.17, 15) is 9.59 Å². The molecule has 0 radical (unpaired) electrons. The van der Waals surface area contributed by atoms with Gasteiger partial charge in [-0.05, 0) is 31.2 Å². The molecule has 0 spiro atoms. The number of ether oxygens (including phenoxy) is 1. The Morgan fingerprint density at radius 1 is 1.29 bits per heavy atom. The topological polar surface area (TPSA) is 87.7 Å². The van der Waals surface area contributed by atoms with E-state index in [1.54, 1.807) is 24.3 Å². The molecule has 1 aromatic carbocycles. The lowest BCUT2D eigenvalue weighted by atomic mass is 10.3. The number of anilines is 1. The number of benzene rings is 1. The summed E-state index contributed by atoms with van der Waals surface area (Å²) in [6.45, 7) is 1.98. The van der Waals surface area contributed by atoms with Gasteiger partial charge in [0.2, 0.25) is 0 Å². The number of carbonyl (C=O) groups excluding carboxylic acids is 1. The number of carbonyl (C=O) groups is 2. The summed E-state index contributed by atoms with van der Waals surface area (Å²) in [4.78, 5) is 21.4. The second kappa shape index (κ2) is 6.37. The van der Waals surface area contributed by atoms with Crippen molar-refractivity contribution in [2.24, 2.45) is 0 Å². The van der Waals surface area contributed by atoms with Crippen molar-refractivity contribution in [1.29, 1.82) is 0 Å². The average Bonchev–Trinajstić information content (AvgIpc) is 2.28. The summed E-state index contributed by atoms with van der Waals surface area (Å²) in [6, 6.07) is 6.15. The van der Waals surface area contributed by atoms with Crippen molar-refractivity contribution in [1.82, 2.24) is 5.32 Å². The molecule has 0 aliphatic carbocycles. The molecule has 17 heavy (non-hydrogen) atoms. The number of amides is 2. The summed E-state index contributed by atoms with van der Waals surface area (Å²) in [5.41, 5.74) is 0.610. The Morgan fingerprint density at radius 3 is 2.47 bits per heavy atom. The average molecular weight is 238 g/mol. The summed E-state index contributed by atoms with van der Waals surface area (Å²) in [7, 11) is 0. The molecule has 0 saturated heterocycles. The van der Waals surface area contributed by atoms with E-state index in [0.717, 1.165) is 0 Å². The van der Waals surface area contributed by atoms with Gasteiger partial charge in [0.05, 0.1) is 0 Å². The van der Waals surface area contributed by atoms with Crippen molar-refractivity contribution < 1.29 is 19.4 Å². The highest BCUT2D eigenvalue weighted by Crippen LogP contribution is 2.15. The molecule has 0 bridgehead atoms. The van der Waals surface area contributed by atoms with Crippen molar-refractivity contribution in [3.8, 4) is 5.75 Å². The monoisotopic (exact) mass is 238 g/mol. The number of carboxylic acid groups (broad SMARTS) is 1. The lowest BCUT2D eigenvalue weighted by Gasteiger charge is -2.07. The maximum atomic E-state index is 11.2. The summed E-state index contributed by atoms with van der Waals surface area (Å²) < 4.78 is 4.95. The highest BCUT2D eigenvalue weighted by Gasteiger charge is 2.01. The van der Waals surface area contributed by atoms with Crippen LogP contribution in [0.4, 0.5) is 10.5 Å². The van der Waals surface area contributed by atoms with Crippen LogP contribution in [0, 0.1) is 0 Å². The Hall–Kier alpha value is -2.24. The smallest absolute Gasteiger partial charge is 0.341 e. The van der Waals surface area contributed by atoms with Crippen LogP contribution in [-0.2, 0) is 4.79 Å². The third kappa shape index (κ3) is 4.87. The van der Waals surface area contributed by atoms with Crippen molar-refractivity contribution in [2.75, 3.05) is 18.5 Å². The molecular formula is C11H14N2O4. The van der Waals surface area contributed by atoms with Crippen LogP contribution in [0.2, 0.25) is 0 Å². The molecule has 1 aromatic rings. The van der Waals surface area contributed by atoms with Crippen molar-refractivity contribution in [2.45, 2.75) is 6.92 Å². The SMILES string of the molecule is CCNC(=O)Nc1ccc(OCC(=O)O)cc1. The maximum absolute atomic E-state index is 11.2. The number of aliphatic carboxylic acids is 1. The second-order valence-corrected chi connectivity index (χ2v) is 3.19. The minimum absolute atomic E-state index is 0.285. The van der Waals surface area contributed by atoms with Crippen LogP contribution in [0.3, 0.4) is 0 Å². The molecule has 6 heteroatoms. The lowest BCUT2D eigenvalue weighted by molar-refractivity contribution is -0.139. The van der Waals surface area contributed by atoms with Gasteiger partial charge in [0, 0.05) is 12.2 Å². The van der Waals surface area contributed by atoms with Crippen molar-refractivity contribution in [3.63, 3.8) is 0 Å². The molecule has 1 rings (SSSR count). The Morgan fingerprint density at radius 2 is 1.94 bits per heavy atom. The van der Waals surface area contributed by atoms with E-state index < -0.39 is 5.97 Å². The molecule has 6 nitrogen and oxygen atoms in total. The van der Waals surface area contributed by atoms with Gasteiger partial charge in [-0.15, -0.1) is 0 Å². The second-order valence-electron chi connectivity index (χ2n) is 3.19. The van der Waals surface area contributed by atoms with E-state index in [0.29, 0.717) is 18.0 Å². The first-order valence-electron chi connectivity index (χ1n) is 5.11. The van der Waals surface area contributed by atoms with Gasteiger partial charge < -0.3 is 20.5 Å². The van der Waals surface area contributed by atoms with E-state index in [1.807, 2.05) is 6.92 Å². The Bertz CT molecular complexity index is 389. The molecule has 0 fully saturated rings. The number of hydrogen-bond donors (Lipinski definition) is 3. The fourth-order valence-electron chi connectivity index (χ4n) is 1.12. The molecule has 0 heterocycles. The van der Waals surface area contributed by atoms with Crippen LogP contribution in [-0.4, -0.2) is 30.3 Å². The van der Waals surface area contributed by atoms with Crippen LogP contribution in [0.5, 0.6) is 5.75 Å². The molecular weight excluding hydrogens is 224 g/mol. The van der Waals surface area contributed by atoms with E-state index in [1.165, 1.54) is 0 Å². The summed E-state index contributed by atoms with van der Waals surface area (Å²) in [5, 5.41) is 13.6. The van der Waals surface area contributed by atoms with Crippen LogP contribution in [0.25, 0.3) is 0 Å². The summed E-state index contributed by atoms with van der Waals surface area (Å²) in [5.74, 6) is -0.594. The minimum Gasteiger partial charge on any atom is -0.482 e. The molecule has 0 saturated carbocycles. The first kappa shape index (κ1) is 12.8. The number of urea groups is 1. The molecule has 2 amide bonds. The van der Waals surface area contributed by atoms with Crippen LogP contribution in [0.1, 0.15) is 6.92 Å². The first-order valence-corrected chi connectivity index (χ1v) is 5.11. The minimum atomic E-state index is -1.03. The zero-order valence-electron chi connectivity index (χ0n) is 9.40. The fraction of sp³-hybridized carbons (Fsp3) is 0.273. The zero-order chi connectivity index (χ0) is 12.7. The van der Waals surface area contributed by atoms with E-state index in [-0.39, 0.29) is 12.6 Å². The third-order valence-corrected chi connectivity index (χ3v) is 1.81. The number of hydrogen-bond acceptors (Lipinski definition) is 3. The van der Waals surface area contributed by atoms with E-state index >= 15 is 0 Å². The molecule has 0 aliphatic heterocycles. The van der Waals surface area contributed by atoms with Gasteiger partial charge in [-0.25, -0.2) is 9.59 Å². The summed E-state index contributed by atoms with van der Waals surface area (Å²) in [6.07, 6.45) is 0. The highest BCUT2D eigenvalue weighted by molar-refractivity contribution is 5.89. The normalized spacial score (nSPS) is 9.47. The Kier molecular flexibility index (Phi) is 4.80. The number of nitrogens with one attached hydrogen (secondary N) is 2. The molecule has 0 unspecified atom stereocenters. The third-order valence-electron chi connectivity index (χ3n) is 1.81. The molecule has 0 atom stereocenters. The summed E-state index contributed by atoms with van der Waals surface area (Å²) >= 11 is 0. The first-order chi connectivity index (χ1) is 8.11. The van der Waals surface area contributed by atoms with E-state index in [2.05, 4.69) is 10.6 Å². The maximum Gasteiger partial charge on any atom is 0.341 e. The lowest BCUT2D eigenvalue weighted by Crippen LogP contribution is -2.28. The van der Waals surface area contributed by atoms with Gasteiger partial charge in [-0.3, -0.25) is 0 Å². The Balaban J connectivity index is 2.49. The van der Waals surface area contributed by atoms with Gasteiger partial charge in [0.15, 0.2) is 6.61 Å². The fourth-order valence-corrected chi connectivity index (χ4v) is 1.12. The van der Waals surface area contributed by atoms with Gasteiger partial charge in [-0.1, -0.05) is 0 Å². The van der Waals surface area contributed by atoms with Gasteiger partial charge >= 0.3 is 12.0 Å². The predicted molar refractivity (Wildman–Crippen MR) is 62.3 cm³/mol. The number of carboxylic acids is 1. The highest BCUT2D eigenvalue weighted by atomic mass is 16.5. The quantitative estimate of drug-likeness (QED) is 0.721. The van der Waals surface area contributed by atoms with Gasteiger partial charge in [0.25, 0.3) is 0 Å². The molecule has 0 aromatic heterocycles.